The molecule has 24 unspecified atom stereocenters. The largest absolute Gasteiger partial charge is 0.364 e. The summed E-state index contributed by atoms with van der Waals surface area (Å²) < 4.78 is 0. The van der Waals surface area contributed by atoms with Crippen LogP contribution >= 0.6 is 15.8 Å². The van der Waals surface area contributed by atoms with Crippen molar-refractivity contribution < 1.29 is 0 Å². The molecule has 24 atom stereocenters. The van der Waals surface area contributed by atoms with Gasteiger partial charge in [-0.05, 0) is 179 Å². The fourth-order valence-electron chi connectivity index (χ4n) is 25.5. The third-order valence-corrected chi connectivity index (χ3v) is 35.5. The smallest absolute Gasteiger partial charge is 0.0431 e. The second-order valence-corrected chi connectivity index (χ2v) is 35.7. The van der Waals surface area contributed by atoms with Crippen molar-refractivity contribution in [1.82, 2.24) is 0 Å². The van der Waals surface area contributed by atoms with Gasteiger partial charge in [-0.2, -0.15) is 0 Å². The molecule has 442 valence electrons. The Labute approximate surface area is 516 Å². The maximum absolute atomic E-state index is 3.38. The van der Waals surface area contributed by atoms with Gasteiger partial charge in [-0.1, -0.05) is 164 Å². The highest BCUT2D eigenvalue weighted by Crippen LogP contribution is 2.80. The van der Waals surface area contributed by atoms with Crippen molar-refractivity contribution in [2.45, 2.75) is 222 Å². The molecule has 20 rings (SSSR count). The van der Waals surface area contributed by atoms with Crippen LogP contribution in [-0.2, 0) is 0 Å². The second-order valence-electron chi connectivity index (χ2n) is 30.4. The topological polar surface area (TPSA) is 19.4 Å². The van der Waals surface area contributed by atoms with Crippen molar-refractivity contribution in [2.24, 2.45) is 35.5 Å². The van der Waals surface area contributed by atoms with Gasteiger partial charge >= 0.3 is 0 Å². The number of hydrogen-bond donors (Lipinski definition) is 0. The molecule has 6 aromatic rings. The average molecular weight is 1170 g/mol. The van der Waals surface area contributed by atoms with Gasteiger partial charge in [-0.15, -0.1) is 0 Å². The highest BCUT2D eigenvalue weighted by atomic mass is 31.1. The Bertz CT molecular complexity index is 3190. The van der Waals surface area contributed by atoms with E-state index in [1.54, 1.807) is 22.7 Å². The van der Waals surface area contributed by atoms with E-state index < -0.39 is 0 Å². The van der Waals surface area contributed by atoms with Gasteiger partial charge < -0.3 is 29.4 Å². The van der Waals surface area contributed by atoms with Crippen LogP contribution in [-0.4, -0.2) is 106 Å². The van der Waals surface area contributed by atoms with E-state index in [-0.39, 0.29) is 15.8 Å². The molecule has 8 saturated carbocycles. The zero-order valence-corrected chi connectivity index (χ0v) is 52.3. The Morgan fingerprint density at radius 1 is 0.233 bits per heavy atom. The van der Waals surface area contributed by atoms with Crippen LogP contribution in [0.4, 0.5) is 34.1 Å². The van der Waals surface area contributed by atoms with E-state index in [2.05, 4.69) is 211 Å². The summed E-state index contributed by atoms with van der Waals surface area (Å²) in [4.78, 5) is 19.9. The van der Waals surface area contributed by atoms with E-state index in [9.17, 15) is 0 Å². The summed E-state index contributed by atoms with van der Waals surface area (Å²) in [7, 11) is -0.747. The lowest BCUT2D eigenvalue weighted by Crippen LogP contribution is -2.86. The second kappa shape index (κ2) is 20.2. The molecule has 14 aliphatic rings. The van der Waals surface area contributed by atoms with E-state index in [4.69, 9.17) is 0 Å². The Morgan fingerprint density at radius 3 is 0.849 bits per heavy atom. The van der Waals surface area contributed by atoms with Crippen LogP contribution < -0.4 is 29.4 Å². The van der Waals surface area contributed by atoms with E-state index in [0.29, 0.717) is 118 Å². The zero-order chi connectivity index (χ0) is 55.9. The van der Waals surface area contributed by atoms with Gasteiger partial charge in [0, 0.05) is 146 Å². The lowest BCUT2D eigenvalue weighted by Gasteiger charge is -2.80. The molecule has 0 spiro atoms. The summed E-state index contributed by atoms with van der Waals surface area (Å²) in [6, 6.07) is 81.0. The van der Waals surface area contributed by atoms with Gasteiger partial charge in [0.25, 0.3) is 0 Å². The highest BCUT2D eigenvalue weighted by molar-refractivity contribution is 7.61. The van der Waals surface area contributed by atoms with E-state index in [1.807, 2.05) is 0 Å². The summed E-state index contributed by atoms with van der Waals surface area (Å²) in [6.07, 6.45) is 25.1. The minimum Gasteiger partial charge on any atom is -0.364 e. The Morgan fingerprint density at radius 2 is 0.500 bits per heavy atom. The molecule has 6 saturated heterocycles. The first-order chi connectivity index (χ1) is 42.8. The molecule has 8 heteroatoms. The van der Waals surface area contributed by atoms with Gasteiger partial charge in [0.15, 0.2) is 0 Å². The summed E-state index contributed by atoms with van der Waals surface area (Å²) in [5.74, 6) is 4.38. The Hall–Kier alpha value is -5.02. The maximum atomic E-state index is 3.38. The number of benzene rings is 6. The number of hydrogen-bond acceptors (Lipinski definition) is 6. The summed E-state index contributed by atoms with van der Waals surface area (Å²) in [5, 5.41) is 0. The summed E-state index contributed by atoms with van der Waals surface area (Å²) in [6.45, 7) is 0. The van der Waals surface area contributed by atoms with E-state index in [0.717, 1.165) is 23.7 Å². The van der Waals surface area contributed by atoms with Gasteiger partial charge in [0.1, 0.15) is 0 Å². The van der Waals surface area contributed by atoms with Crippen LogP contribution in [0.1, 0.15) is 116 Å². The van der Waals surface area contributed by atoms with Gasteiger partial charge in [0.05, 0.1) is 0 Å². The van der Waals surface area contributed by atoms with E-state index in [1.165, 1.54) is 127 Å². The zero-order valence-electron chi connectivity index (χ0n) is 50.5. The molecular weight excluding hydrogens is 1080 g/mol. The van der Waals surface area contributed by atoms with Crippen LogP contribution in [0.15, 0.2) is 182 Å². The molecule has 0 N–H and O–H groups in total. The van der Waals surface area contributed by atoms with Crippen molar-refractivity contribution in [2.75, 3.05) is 29.4 Å². The van der Waals surface area contributed by atoms with Crippen molar-refractivity contribution >= 4 is 50.0 Å². The van der Waals surface area contributed by atoms with E-state index >= 15 is 0 Å². The SMILES string of the molecule is c1ccc(N2C3CCCC4C3P3C5C2CC2CCCCC2C5N(c2ccccc2)C2CC5CC6C7C(C5C(C23)N4c2ccccc2)N(c2ccccc2)C2CCCC3C2P7C2C(CC4CCCCC4C2N6c2ccccc2)N3c2ccccc2)cc1. The number of para-hydroxylation sites is 6. The van der Waals surface area contributed by atoms with Crippen LogP contribution in [0, 0.1) is 35.5 Å². The lowest BCUT2D eigenvalue weighted by molar-refractivity contribution is 0.0335. The highest BCUT2D eigenvalue weighted by Gasteiger charge is 2.77. The fourth-order valence-corrected chi connectivity index (χ4v) is 36.1. The van der Waals surface area contributed by atoms with Gasteiger partial charge in [-0.25, -0.2) is 0 Å². The van der Waals surface area contributed by atoms with Crippen molar-refractivity contribution in [1.29, 1.82) is 0 Å². The lowest BCUT2D eigenvalue weighted by atomic mass is 9.58. The molecule has 6 nitrogen and oxygen atoms in total. The normalized spacial score (nSPS) is 44.2. The minimum absolute atomic E-state index is 0.374. The standard InChI is InChI=1S/C78H90N6P2/c1-7-27-52(28-8-1)79-60-41-23-43-62-73(60)85-75-64(79)45-49-25-19-21-39-58(49)69(75)83(56-35-15-5-16-36-56)66-47-51-48-67-78-72(68(51)71(77(66)85)81(62)54-31-11-3-12-32-54)82(55-33-13-4-14-34-55)63-44-24-42-61-74(63)86(78)76-65(80(61)53-29-9-2-10-30-53)46-50-26-20-22-40-59(50)70(76)84(67)57-37-17-6-18-38-57/h1-18,27-38,49-51,58-78H,19-26,39-48H2. The predicted molar refractivity (Wildman–Crippen MR) is 360 cm³/mol. The molecule has 0 radical (unpaired) electrons. The average Bonchev–Trinajstić information content (AvgIpc) is 0.680. The predicted octanol–water partition coefficient (Wildman–Crippen LogP) is 16.5. The first-order valence-corrected chi connectivity index (χ1v) is 38.4. The number of nitrogens with zero attached hydrogens (tertiary/aromatic N) is 6. The maximum Gasteiger partial charge on any atom is 0.0431 e. The third kappa shape index (κ3) is 7.27. The van der Waals surface area contributed by atoms with Crippen LogP contribution in [0.3, 0.4) is 0 Å². The van der Waals surface area contributed by atoms with Gasteiger partial charge in [-0.3, -0.25) is 0 Å². The Balaban J connectivity index is 0.851. The summed E-state index contributed by atoms with van der Waals surface area (Å²) >= 11 is 0. The van der Waals surface area contributed by atoms with Crippen molar-refractivity contribution in [3.8, 4) is 0 Å². The molecule has 0 bridgehead atoms. The van der Waals surface area contributed by atoms with Gasteiger partial charge in [0.2, 0.25) is 0 Å². The molecule has 6 aromatic carbocycles. The number of rotatable bonds is 6. The van der Waals surface area contributed by atoms with Crippen molar-refractivity contribution in [3.63, 3.8) is 0 Å². The molecule has 6 aliphatic heterocycles. The van der Waals surface area contributed by atoms with Crippen LogP contribution in [0.25, 0.3) is 0 Å². The molecule has 8 aliphatic carbocycles. The monoisotopic (exact) mass is 1170 g/mol. The summed E-state index contributed by atoms with van der Waals surface area (Å²) in [5.41, 5.74) is 13.5. The molecule has 86 heavy (non-hydrogen) atoms. The molecule has 0 amide bonds. The molecule has 0 aromatic heterocycles. The molecule has 6 heterocycles. The number of fused-ring (bicyclic) bond motifs is 7. The third-order valence-electron chi connectivity index (χ3n) is 27.4. The van der Waals surface area contributed by atoms with Crippen LogP contribution in [0.5, 0.6) is 0 Å². The molecular formula is C78H90N6P2. The quantitative estimate of drug-likeness (QED) is 0.154. The first-order valence-electron chi connectivity index (χ1n) is 35.3. The van der Waals surface area contributed by atoms with Crippen molar-refractivity contribution in [3.05, 3.63) is 182 Å². The Kier molecular flexibility index (Phi) is 12.2. The molecule has 14 fully saturated rings. The number of anilines is 6. The van der Waals surface area contributed by atoms with Crippen LogP contribution in [0.2, 0.25) is 0 Å². The first kappa shape index (κ1) is 51.8. The minimum atomic E-state index is -0.374. The fraction of sp³-hybridized carbons (Fsp3) is 0.538.